The maximum absolute atomic E-state index is 10.6. The normalized spacial score (nSPS) is 21.8. The Kier molecular flexibility index (Phi) is 4.63. The van der Waals surface area contributed by atoms with E-state index in [1.807, 2.05) is 18.2 Å². The number of aliphatic hydroxyl groups excluding tert-OH is 1. The van der Waals surface area contributed by atoms with Crippen LogP contribution in [0.15, 0.2) is 18.2 Å². The maximum Gasteiger partial charge on any atom is 0.161 e. The molecule has 2 aliphatic rings. The third-order valence-electron chi connectivity index (χ3n) is 4.20. The monoisotopic (exact) mass is 292 g/mol. The molecule has 0 amide bonds. The molecule has 1 fully saturated rings. The summed E-state index contributed by atoms with van der Waals surface area (Å²) in [6, 6.07) is 5.74. The average Bonchev–Trinajstić information content (AvgIpc) is 2.54. The molecule has 0 saturated carbocycles. The van der Waals surface area contributed by atoms with Gasteiger partial charge in [0.1, 0.15) is 13.2 Å². The number of rotatable bonds is 4. The van der Waals surface area contributed by atoms with Crippen molar-refractivity contribution in [3.05, 3.63) is 23.8 Å². The summed E-state index contributed by atoms with van der Waals surface area (Å²) < 4.78 is 11.1. The molecule has 0 aliphatic carbocycles. The summed E-state index contributed by atoms with van der Waals surface area (Å²) in [4.78, 5) is 2.41. The predicted molar refractivity (Wildman–Crippen MR) is 80.9 cm³/mol. The first-order chi connectivity index (χ1) is 10.2. The van der Waals surface area contributed by atoms with Gasteiger partial charge < -0.3 is 24.8 Å². The number of piperazine rings is 1. The minimum Gasteiger partial charge on any atom is -0.486 e. The maximum atomic E-state index is 10.6. The number of hydrogen-bond acceptors (Lipinski definition) is 5. The van der Waals surface area contributed by atoms with Crippen LogP contribution < -0.4 is 14.8 Å². The Hall–Kier alpha value is -1.30. The van der Waals surface area contributed by atoms with Crippen molar-refractivity contribution in [1.29, 1.82) is 0 Å². The van der Waals surface area contributed by atoms with Crippen LogP contribution in [0.4, 0.5) is 0 Å². The summed E-state index contributed by atoms with van der Waals surface area (Å²) in [6.45, 7) is 8.36. The fraction of sp³-hybridized carbons (Fsp3) is 0.625. The molecule has 0 radical (unpaired) electrons. The predicted octanol–water partition coefficient (Wildman–Crippen LogP) is 1.03. The van der Waals surface area contributed by atoms with Gasteiger partial charge in [-0.3, -0.25) is 0 Å². The highest BCUT2D eigenvalue weighted by molar-refractivity contribution is 5.44. The minimum atomic E-state index is -0.476. The van der Waals surface area contributed by atoms with E-state index in [-0.39, 0.29) is 5.92 Å². The third kappa shape index (κ3) is 3.48. The number of fused-ring (bicyclic) bond motifs is 1. The highest BCUT2D eigenvalue weighted by atomic mass is 16.6. The van der Waals surface area contributed by atoms with E-state index in [1.165, 1.54) is 0 Å². The third-order valence-corrected chi connectivity index (χ3v) is 4.20. The fourth-order valence-electron chi connectivity index (χ4n) is 2.97. The van der Waals surface area contributed by atoms with Crippen molar-refractivity contribution in [2.24, 2.45) is 5.92 Å². The Morgan fingerprint density at radius 1 is 1.19 bits per heavy atom. The van der Waals surface area contributed by atoms with Crippen LogP contribution in [-0.4, -0.2) is 55.9 Å². The van der Waals surface area contributed by atoms with Crippen molar-refractivity contribution < 1.29 is 14.6 Å². The molecule has 2 N–H and O–H groups in total. The van der Waals surface area contributed by atoms with E-state index in [9.17, 15) is 5.11 Å². The van der Waals surface area contributed by atoms with Crippen molar-refractivity contribution in [2.45, 2.75) is 13.0 Å². The molecular weight excluding hydrogens is 268 g/mol. The zero-order valence-corrected chi connectivity index (χ0v) is 12.5. The van der Waals surface area contributed by atoms with E-state index in [1.54, 1.807) is 0 Å². The van der Waals surface area contributed by atoms with Gasteiger partial charge >= 0.3 is 0 Å². The quantitative estimate of drug-likeness (QED) is 0.868. The molecule has 2 unspecified atom stereocenters. The first-order valence-corrected chi connectivity index (χ1v) is 7.75. The lowest BCUT2D eigenvalue weighted by Crippen LogP contribution is -2.45. The Morgan fingerprint density at radius 2 is 1.90 bits per heavy atom. The van der Waals surface area contributed by atoms with Gasteiger partial charge in [-0.2, -0.15) is 0 Å². The molecule has 116 valence electrons. The van der Waals surface area contributed by atoms with Crippen LogP contribution in [0, 0.1) is 5.92 Å². The summed E-state index contributed by atoms with van der Waals surface area (Å²) in [6.07, 6.45) is -0.476. The second kappa shape index (κ2) is 6.64. The fourth-order valence-corrected chi connectivity index (χ4v) is 2.97. The van der Waals surface area contributed by atoms with Crippen LogP contribution in [0.1, 0.15) is 18.6 Å². The SMILES string of the molecule is CC(CN1CCNCC1)C(O)c1ccc2c(c1)OCCO2. The lowest BCUT2D eigenvalue weighted by Gasteiger charge is -2.31. The van der Waals surface area contributed by atoms with Gasteiger partial charge in [0.25, 0.3) is 0 Å². The van der Waals surface area contributed by atoms with Crippen molar-refractivity contribution >= 4 is 0 Å². The van der Waals surface area contributed by atoms with Gasteiger partial charge in [-0.1, -0.05) is 13.0 Å². The van der Waals surface area contributed by atoms with Crippen LogP contribution in [0.25, 0.3) is 0 Å². The molecule has 2 aliphatic heterocycles. The Morgan fingerprint density at radius 3 is 2.67 bits per heavy atom. The van der Waals surface area contributed by atoms with E-state index in [4.69, 9.17) is 9.47 Å². The highest BCUT2D eigenvalue weighted by Gasteiger charge is 2.22. The standard InChI is InChI=1S/C16H24N2O3/c1-12(11-18-6-4-17-5-7-18)16(19)13-2-3-14-15(10-13)21-9-8-20-14/h2-3,10,12,16-17,19H,4-9,11H2,1H3. The van der Waals surface area contributed by atoms with Crippen molar-refractivity contribution in [3.63, 3.8) is 0 Å². The number of ether oxygens (including phenoxy) is 2. The van der Waals surface area contributed by atoms with E-state index < -0.39 is 6.10 Å². The first-order valence-electron chi connectivity index (χ1n) is 7.75. The van der Waals surface area contributed by atoms with Crippen molar-refractivity contribution in [1.82, 2.24) is 10.2 Å². The average molecular weight is 292 g/mol. The van der Waals surface area contributed by atoms with Crippen molar-refractivity contribution in [3.8, 4) is 11.5 Å². The lowest BCUT2D eigenvalue weighted by atomic mass is 9.96. The van der Waals surface area contributed by atoms with Crippen molar-refractivity contribution in [2.75, 3.05) is 45.9 Å². The first kappa shape index (κ1) is 14.6. The number of nitrogens with one attached hydrogen (secondary N) is 1. The van der Waals surface area contributed by atoms with E-state index in [0.29, 0.717) is 13.2 Å². The van der Waals surface area contributed by atoms with Gasteiger partial charge in [0.2, 0.25) is 0 Å². The van der Waals surface area contributed by atoms with Crippen LogP contribution in [-0.2, 0) is 0 Å². The number of benzene rings is 1. The van der Waals surface area contributed by atoms with Gasteiger partial charge in [-0.25, -0.2) is 0 Å². The molecule has 1 aromatic rings. The Labute approximate surface area is 125 Å². The molecule has 1 saturated heterocycles. The second-order valence-electron chi connectivity index (χ2n) is 5.88. The molecule has 2 heterocycles. The summed E-state index contributed by atoms with van der Waals surface area (Å²) >= 11 is 0. The summed E-state index contributed by atoms with van der Waals surface area (Å²) in [5.74, 6) is 1.70. The molecule has 1 aromatic carbocycles. The minimum absolute atomic E-state index is 0.186. The lowest BCUT2D eigenvalue weighted by molar-refractivity contribution is 0.0835. The largest absolute Gasteiger partial charge is 0.486 e. The number of hydrogen-bond donors (Lipinski definition) is 2. The van der Waals surface area contributed by atoms with Gasteiger partial charge in [0.05, 0.1) is 6.10 Å². The molecule has 5 heteroatoms. The Balaban J connectivity index is 1.64. The smallest absolute Gasteiger partial charge is 0.161 e. The van der Waals surface area contributed by atoms with Gasteiger partial charge in [0.15, 0.2) is 11.5 Å². The summed E-state index contributed by atoms with van der Waals surface area (Å²) in [5.41, 5.74) is 0.905. The molecule has 2 atom stereocenters. The molecule has 0 spiro atoms. The van der Waals surface area contributed by atoms with Gasteiger partial charge in [-0.05, 0) is 23.6 Å². The zero-order chi connectivity index (χ0) is 14.7. The van der Waals surface area contributed by atoms with Crippen LogP contribution >= 0.6 is 0 Å². The van der Waals surface area contributed by atoms with Gasteiger partial charge in [-0.15, -0.1) is 0 Å². The van der Waals surface area contributed by atoms with E-state index >= 15 is 0 Å². The van der Waals surface area contributed by atoms with E-state index in [2.05, 4.69) is 17.1 Å². The molecular formula is C16H24N2O3. The second-order valence-corrected chi connectivity index (χ2v) is 5.88. The van der Waals surface area contributed by atoms with Gasteiger partial charge in [0, 0.05) is 32.7 Å². The number of aliphatic hydroxyl groups is 1. The molecule has 0 aromatic heterocycles. The topological polar surface area (TPSA) is 54.0 Å². The van der Waals surface area contributed by atoms with Crippen LogP contribution in [0.3, 0.4) is 0 Å². The molecule has 0 bridgehead atoms. The van der Waals surface area contributed by atoms with E-state index in [0.717, 1.165) is 49.8 Å². The number of nitrogens with zero attached hydrogens (tertiary/aromatic N) is 1. The molecule has 5 nitrogen and oxygen atoms in total. The van der Waals surface area contributed by atoms with Crippen LogP contribution in [0.5, 0.6) is 11.5 Å². The van der Waals surface area contributed by atoms with Crippen LogP contribution in [0.2, 0.25) is 0 Å². The molecule has 3 rings (SSSR count). The molecule has 21 heavy (non-hydrogen) atoms. The summed E-state index contributed by atoms with van der Waals surface area (Å²) in [7, 11) is 0. The summed E-state index contributed by atoms with van der Waals surface area (Å²) in [5, 5.41) is 13.9. The Bertz CT molecular complexity index is 475. The highest BCUT2D eigenvalue weighted by Crippen LogP contribution is 2.34. The zero-order valence-electron chi connectivity index (χ0n) is 12.5.